The fourth-order valence-electron chi connectivity index (χ4n) is 1.98. The molecule has 0 saturated carbocycles. The Bertz CT molecular complexity index is 759. The molecule has 3 rings (SSSR count). The molecule has 1 nitrogen and oxygen atoms in total. The van der Waals surface area contributed by atoms with E-state index in [2.05, 4.69) is 17.5 Å². The van der Waals surface area contributed by atoms with Crippen LogP contribution in [0.1, 0.15) is 0 Å². The first-order valence-corrected chi connectivity index (χ1v) is 7.45. The van der Waals surface area contributed by atoms with Gasteiger partial charge in [0, 0.05) is 5.38 Å². The Morgan fingerprint density at radius 3 is 2.37 bits per heavy atom. The highest BCUT2D eigenvalue weighted by molar-refractivity contribution is 7.73. The third-order valence-corrected chi connectivity index (χ3v) is 4.37. The Morgan fingerprint density at radius 2 is 1.63 bits per heavy atom. The van der Waals surface area contributed by atoms with Gasteiger partial charge in [-0.05, 0) is 29.9 Å². The molecule has 0 unspecified atom stereocenters. The predicted molar refractivity (Wildman–Crippen MR) is 84.9 cm³/mol. The molecule has 4 heteroatoms. The topological polar surface area (TPSA) is 4.93 Å². The van der Waals surface area contributed by atoms with Gasteiger partial charge in [-0.2, -0.15) is 0 Å². The first-order valence-electron chi connectivity index (χ1n) is 5.78. The van der Waals surface area contributed by atoms with Crippen molar-refractivity contribution in [3.05, 3.63) is 69.0 Å². The second kappa shape index (κ2) is 5.29. The lowest BCUT2D eigenvalue weighted by Gasteiger charge is -2.10. The number of aromatic nitrogens is 1. The fraction of sp³-hybridized carbons (Fsp3) is 0. The third kappa shape index (κ3) is 2.37. The van der Waals surface area contributed by atoms with Crippen molar-refractivity contribution in [2.75, 3.05) is 0 Å². The number of rotatable bonds is 2. The Kier molecular flexibility index (Phi) is 3.51. The summed E-state index contributed by atoms with van der Waals surface area (Å²) in [5.41, 5.74) is 3.13. The molecule has 2 aromatic carbocycles. The Labute approximate surface area is 125 Å². The van der Waals surface area contributed by atoms with Crippen molar-refractivity contribution in [1.82, 2.24) is 4.57 Å². The minimum Gasteiger partial charge on any atom is -0.290 e. The summed E-state index contributed by atoms with van der Waals surface area (Å²) in [6.45, 7) is 0. The van der Waals surface area contributed by atoms with Gasteiger partial charge < -0.3 is 0 Å². The van der Waals surface area contributed by atoms with Crippen molar-refractivity contribution < 1.29 is 0 Å². The average molecular weight is 304 g/mol. The first kappa shape index (κ1) is 12.6. The van der Waals surface area contributed by atoms with Crippen molar-refractivity contribution >= 4 is 35.2 Å². The van der Waals surface area contributed by atoms with E-state index < -0.39 is 0 Å². The first-order chi connectivity index (χ1) is 9.27. The van der Waals surface area contributed by atoms with Crippen molar-refractivity contribution in [3.63, 3.8) is 0 Å². The minimum absolute atomic E-state index is 0.703. The van der Waals surface area contributed by atoms with Gasteiger partial charge in [0.1, 0.15) is 0 Å². The molecule has 0 aliphatic carbocycles. The van der Waals surface area contributed by atoms with Crippen LogP contribution in [0.5, 0.6) is 0 Å². The Hall–Kier alpha value is -1.42. The maximum absolute atomic E-state index is 6.28. The third-order valence-electron chi connectivity index (χ3n) is 2.86. The molecule has 0 fully saturated rings. The highest BCUT2D eigenvalue weighted by Crippen LogP contribution is 2.30. The zero-order chi connectivity index (χ0) is 13.2. The molecule has 0 atom stereocenters. The number of nitrogens with zero attached hydrogens (tertiary/aromatic N) is 1. The van der Waals surface area contributed by atoms with E-state index in [0.29, 0.717) is 5.02 Å². The molecule has 1 heterocycles. The molecule has 0 amide bonds. The normalized spacial score (nSPS) is 10.6. The van der Waals surface area contributed by atoms with E-state index in [9.17, 15) is 0 Å². The lowest BCUT2D eigenvalue weighted by Crippen LogP contribution is -1.97. The van der Waals surface area contributed by atoms with Crippen molar-refractivity contribution in [2.24, 2.45) is 0 Å². The van der Waals surface area contributed by atoms with Crippen LogP contribution >= 0.6 is 35.2 Å². The molecule has 0 aliphatic heterocycles. The van der Waals surface area contributed by atoms with E-state index in [1.165, 1.54) is 0 Å². The van der Waals surface area contributed by atoms with Gasteiger partial charge in [-0.25, -0.2) is 0 Å². The van der Waals surface area contributed by atoms with E-state index in [1.807, 2.05) is 47.0 Å². The standard InChI is InChI=1S/C15H10ClNS2/c16-12-8-4-5-9-13(12)17-14(10-19-15(17)18)11-6-2-1-3-7-11/h1-10H. The predicted octanol–water partition coefficient (Wildman–Crippen LogP) is 5.59. The van der Waals surface area contributed by atoms with Crippen LogP contribution in [0.3, 0.4) is 0 Å². The number of thiazole rings is 1. The van der Waals surface area contributed by atoms with Crippen LogP contribution in [0.4, 0.5) is 0 Å². The summed E-state index contributed by atoms with van der Waals surface area (Å²) in [5, 5.41) is 2.77. The van der Waals surface area contributed by atoms with Gasteiger partial charge in [0.2, 0.25) is 0 Å². The van der Waals surface area contributed by atoms with Gasteiger partial charge in [-0.1, -0.05) is 54.1 Å². The molecule has 94 valence electrons. The SMILES string of the molecule is S=c1scc(-c2ccccc2)n1-c1ccccc1Cl. The van der Waals surface area contributed by atoms with Crippen molar-refractivity contribution in [3.8, 4) is 16.9 Å². The summed E-state index contributed by atoms with van der Waals surface area (Å²) >= 11 is 13.3. The van der Waals surface area contributed by atoms with Crippen LogP contribution in [0.25, 0.3) is 16.9 Å². The summed E-state index contributed by atoms with van der Waals surface area (Å²) in [5.74, 6) is 0. The van der Waals surface area contributed by atoms with Crippen LogP contribution < -0.4 is 0 Å². The molecule has 0 saturated heterocycles. The zero-order valence-electron chi connectivity index (χ0n) is 9.92. The summed E-state index contributed by atoms with van der Waals surface area (Å²) in [7, 11) is 0. The van der Waals surface area contributed by atoms with Gasteiger partial charge in [-0.15, -0.1) is 11.3 Å². The molecule has 0 bridgehead atoms. The minimum atomic E-state index is 0.703. The van der Waals surface area contributed by atoms with Crippen LogP contribution in [0.2, 0.25) is 5.02 Å². The van der Waals surface area contributed by atoms with E-state index in [0.717, 1.165) is 20.9 Å². The van der Waals surface area contributed by atoms with Crippen LogP contribution in [-0.2, 0) is 0 Å². The van der Waals surface area contributed by atoms with Gasteiger partial charge in [-0.3, -0.25) is 4.57 Å². The molecular formula is C15H10ClNS2. The molecule has 0 radical (unpaired) electrons. The molecule has 3 aromatic rings. The molecular weight excluding hydrogens is 294 g/mol. The van der Waals surface area contributed by atoms with Crippen LogP contribution in [0, 0.1) is 3.95 Å². The maximum Gasteiger partial charge on any atom is 0.166 e. The van der Waals surface area contributed by atoms with Gasteiger partial charge in [0.25, 0.3) is 0 Å². The number of hydrogen-bond acceptors (Lipinski definition) is 2. The lowest BCUT2D eigenvalue weighted by atomic mass is 10.1. The second-order valence-corrected chi connectivity index (χ2v) is 5.95. The molecule has 19 heavy (non-hydrogen) atoms. The summed E-state index contributed by atoms with van der Waals surface area (Å²) in [6, 6.07) is 17.9. The Morgan fingerprint density at radius 1 is 0.947 bits per heavy atom. The van der Waals surface area contributed by atoms with E-state index in [-0.39, 0.29) is 0 Å². The van der Waals surface area contributed by atoms with Crippen LogP contribution in [-0.4, -0.2) is 4.57 Å². The summed E-state index contributed by atoms with van der Waals surface area (Å²) in [4.78, 5) is 0. The van der Waals surface area contributed by atoms with Crippen molar-refractivity contribution in [2.45, 2.75) is 0 Å². The molecule has 1 aromatic heterocycles. The number of benzene rings is 2. The zero-order valence-corrected chi connectivity index (χ0v) is 12.3. The second-order valence-electron chi connectivity index (χ2n) is 4.04. The number of hydrogen-bond donors (Lipinski definition) is 0. The fourth-order valence-corrected chi connectivity index (χ4v) is 3.29. The smallest absolute Gasteiger partial charge is 0.166 e. The quantitative estimate of drug-likeness (QED) is 0.559. The molecule has 0 aliphatic rings. The van der Waals surface area contributed by atoms with E-state index >= 15 is 0 Å². The molecule has 0 spiro atoms. The van der Waals surface area contributed by atoms with Gasteiger partial charge in [0.15, 0.2) is 3.95 Å². The summed E-state index contributed by atoms with van der Waals surface area (Å²) < 4.78 is 2.82. The molecule has 0 N–H and O–H groups in total. The summed E-state index contributed by atoms with van der Waals surface area (Å²) in [6.07, 6.45) is 0. The van der Waals surface area contributed by atoms with Crippen molar-refractivity contribution in [1.29, 1.82) is 0 Å². The van der Waals surface area contributed by atoms with Gasteiger partial charge >= 0.3 is 0 Å². The number of para-hydroxylation sites is 1. The lowest BCUT2D eigenvalue weighted by molar-refractivity contribution is 1.08. The highest BCUT2D eigenvalue weighted by atomic mass is 35.5. The van der Waals surface area contributed by atoms with E-state index in [4.69, 9.17) is 23.8 Å². The monoisotopic (exact) mass is 303 g/mol. The van der Waals surface area contributed by atoms with Gasteiger partial charge in [0.05, 0.1) is 16.4 Å². The average Bonchev–Trinajstić information content (AvgIpc) is 2.82. The Balaban J connectivity index is 2.26. The van der Waals surface area contributed by atoms with E-state index in [1.54, 1.807) is 11.3 Å². The number of halogens is 1. The maximum atomic E-state index is 6.28. The van der Waals surface area contributed by atoms with Crippen LogP contribution in [0.15, 0.2) is 60.0 Å². The highest BCUT2D eigenvalue weighted by Gasteiger charge is 2.10. The largest absolute Gasteiger partial charge is 0.290 e.